The monoisotopic (exact) mass is 403 g/mol. The number of hydrogen-bond acceptors (Lipinski definition) is 6. The number of alkyl halides is 3. The molecular formula is C17H13BF3N5O3. The van der Waals surface area contributed by atoms with Gasteiger partial charge in [0.2, 0.25) is 0 Å². The van der Waals surface area contributed by atoms with Gasteiger partial charge in [-0.25, -0.2) is 4.98 Å². The van der Waals surface area contributed by atoms with Crippen molar-refractivity contribution in [1.29, 1.82) is 0 Å². The van der Waals surface area contributed by atoms with E-state index >= 15 is 0 Å². The first-order chi connectivity index (χ1) is 13.7. The first-order valence-electron chi connectivity index (χ1n) is 8.45. The number of nitrogens with one attached hydrogen (secondary N) is 1. The largest absolute Gasteiger partial charge is 0.491 e. The number of amides is 1. The van der Waals surface area contributed by atoms with Gasteiger partial charge < -0.3 is 15.0 Å². The van der Waals surface area contributed by atoms with Gasteiger partial charge in [0.05, 0.1) is 12.3 Å². The van der Waals surface area contributed by atoms with Gasteiger partial charge in [-0.1, -0.05) is 17.3 Å². The zero-order chi connectivity index (χ0) is 20.8. The normalized spacial score (nSPS) is 13.5. The molecule has 0 fully saturated rings. The number of halogens is 3. The molecule has 0 bridgehead atoms. The minimum Gasteiger partial charge on any atom is -0.423 e. The second-order valence-electron chi connectivity index (χ2n) is 6.35. The highest BCUT2D eigenvalue weighted by molar-refractivity contribution is 6.61. The Morgan fingerprint density at radius 1 is 1.31 bits per heavy atom. The maximum Gasteiger partial charge on any atom is 0.491 e. The van der Waals surface area contributed by atoms with Gasteiger partial charge in [0.1, 0.15) is 5.69 Å². The highest BCUT2D eigenvalue weighted by atomic mass is 19.4. The smallest absolute Gasteiger partial charge is 0.423 e. The van der Waals surface area contributed by atoms with Gasteiger partial charge in [0.25, 0.3) is 5.91 Å². The van der Waals surface area contributed by atoms with E-state index in [0.29, 0.717) is 11.2 Å². The molecule has 4 rings (SSSR count). The number of fused-ring (bicyclic) bond motifs is 1. The highest BCUT2D eigenvalue weighted by Crippen LogP contribution is 2.28. The van der Waals surface area contributed by atoms with E-state index in [4.69, 9.17) is 4.65 Å². The van der Waals surface area contributed by atoms with Gasteiger partial charge in [0, 0.05) is 5.69 Å². The summed E-state index contributed by atoms with van der Waals surface area (Å²) in [5.74, 6) is -0.712. The Bertz CT molecular complexity index is 1100. The van der Waals surface area contributed by atoms with Gasteiger partial charge in [-0.15, -0.1) is 5.10 Å². The summed E-state index contributed by atoms with van der Waals surface area (Å²) in [5, 5.41) is 19.9. The number of hydrogen-bond donors (Lipinski definition) is 2. The number of carbonyl (C=O) groups excluding carboxylic acids is 1. The fourth-order valence-electron chi connectivity index (χ4n) is 2.94. The topological polar surface area (TPSA) is 102 Å². The van der Waals surface area contributed by atoms with Crippen LogP contribution in [0.5, 0.6) is 0 Å². The predicted molar refractivity (Wildman–Crippen MR) is 95.7 cm³/mol. The van der Waals surface area contributed by atoms with Crippen molar-refractivity contribution >= 4 is 24.2 Å². The number of aromatic nitrogens is 4. The van der Waals surface area contributed by atoms with Crippen LogP contribution in [0.1, 0.15) is 27.4 Å². The molecule has 1 aromatic carbocycles. The van der Waals surface area contributed by atoms with E-state index in [9.17, 15) is 23.0 Å². The molecule has 29 heavy (non-hydrogen) atoms. The quantitative estimate of drug-likeness (QED) is 0.643. The van der Waals surface area contributed by atoms with Crippen LogP contribution in [0.2, 0.25) is 0 Å². The molecule has 0 spiro atoms. The van der Waals surface area contributed by atoms with E-state index in [0.717, 1.165) is 16.3 Å². The van der Waals surface area contributed by atoms with Gasteiger partial charge in [-0.2, -0.15) is 17.9 Å². The van der Waals surface area contributed by atoms with Crippen LogP contribution < -0.4 is 10.8 Å². The third kappa shape index (κ3) is 3.59. The maximum absolute atomic E-state index is 12.9. The second kappa shape index (κ2) is 6.97. The molecule has 12 heteroatoms. The van der Waals surface area contributed by atoms with Crippen molar-refractivity contribution < 1.29 is 27.6 Å². The molecule has 3 heterocycles. The second-order valence-corrected chi connectivity index (χ2v) is 6.35. The van der Waals surface area contributed by atoms with E-state index in [-0.39, 0.29) is 23.8 Å². The lowest BCUT2D eigenvalue weighted by Gasteiger charge is -2.08. The highest BCUT2D eigenvalue weighted by Gasteiger charge is 2.33. The molecule has 0 radical (unpaired) electrons. The molecular weight excluding hydrogens is 390 g/mol. The number of benzene rings is 1. The molecule has 148 valence electrons. The summed E-state index contributed by atoms with van der Waals surface area (Å²) >= 11 is 0. The van der Waals surface area contributed by atoms with Gasteiger partial charge in [-0.3, -0.25) is 4.79 Å². The fourth-order valence-corrected chi connectivity index (χ4v) is 2.94. The van der Waals surface area contributed by atoms with E-state index in [1.165, 1.54) is 19.1 Å². The standard InChI is InChI=1S/C17H13BF3N5O3/c1-9-15(16(27)22-11-6-5-10-8-29-18(28)12(10)7-11)24-25-26(9)14-4-2-3-13(23-14)17(19,20)21/h2-7,28H,8H2,1H3,(H,22,27). The van der Waals surface area contributed by atoms with Crippen LogP contribution in [-0.4, -0.2) is 38.0 Å². The minimum atomic E-state index is -4.60. The Labute approximate surface area is 162 Å². The molecule has 1 aliphatic heterocycles. The Morgan fingerprint density at radius 3 is 2.86 bits per heavy atom. The van der Waals surface area contributed by atoms with Crippen molar-refractivity contribution in [3.63, 3.8) is 0 Å². The van der Waals surface area contributed by atoms with Crippen molar-refractivity contribution in [2.75, 3.05) is 5.32 Å². The molecule has 0 saturated carbocycles. The minimum absolute atomic E-state index is 0.0680. The summed E-state index contributed by atoms with van der Waals surface area (Å²) in [6, 6.07) is 8.32. The van der Waals surface area contributed by atoms with Crippen LogP contribution in [-0.2, 0) is 17.4 Å². The number of rotatable bonds is 3. The van der Waals surface area contributed by atoms with Crippen molar-refractivity contribution in [2.45, 2.75) is 19.7 Å². The van der Waals surface area contributed by atoms with Crippen LogP contribution >= 0.6 is 0 Å². The Balaban J connectivity index is 1.59. The van der Waals surface area contributed by atoms with Crippen molar-refractivity contribution in [2.24, 2.45) is 0 Å². The number of anilines is 1. The van der Waals surface area contributed by atoms with Gasteiger partial charge in [0.15, 0.2) is 11.5 Å². The van der Waals surface area contributed by atoms with Crippen LogP contribution in [0.25, 0.3) is 5.82 Å². The number of pyridine rings is 1. The summed E-state index contributed by atoms with van der Waals surface area (Å²) in [6.07, 6.45) is -4.60. The third-order valence-corrected chi connectivity index (χ3v) is 4.42. The summed E-state index contributed by atoms with van der Waals surface area (Å²) < 4.78 is 44.8. The molecule has 0 aliphatic carbocycles. The zero-order valence-corrected chi connectivity index (χ0v) is 14.9. The Hall–Kier alpha value is -3.25. The lowest BCUT2D eigenvalue weighted by molar-refractivity contribution is -0.141. The first-order valence-corrected chi connectivity index (χ1v) is 8.45. The van der Waals surface area contributed by atoms with Crippen LogP contribution in [0.3, 0.4) is 0 Å². The summed E-state index contributed by atoms with van der Waals surface area (Å²) in [7, 11) is -1.06. The van der Waals surface area contributed by atoms with Gasteiger partial charge in [-0.05, 0) is 42.2 Å². The van der Waals surface area contributed by atoms with Crippen LogP contribution in [0, 0.1) is 6.92 Å². The average Bonchev–Trinajstić information content (AvgIpc) is 3.24. The fraction of sp³-hybridized carbons (Fsp3) is 0.176. The Morgan fingerprint density at radius 2 is 2.10 bits per heavy atom. The van der Waals surface area contributed by atoms with Crippen molar-refractivity contribution in [3.05, 3.63) is 59.0 Å². The molecule has 1 amide bonds. The summed E-state index contributed by atoms with van der Waals surface area (Å²) in [4.78, 5) is 16.1. The summed E-state index contributed by atoms with van der Waals surface area (Å²) in [5.41, 5.74) is 0.851. The van der Waals surface area contributed by atoms with E-state index in [1.54, 1.807) is 18.2 Å². The molecule has 2 N–H and O–H groups in total. The van der Waals surface area contributed by atoms with E-state index in [1.807, 2.05) is 0 Å². The molecule has 0 unspecified atom stereocenters. The average molecular weight is 403 g/mol. The molecule has 8 nitrogen and oxygen atoms in total. The molecule has 0 saturated heterocycles. The van der Waals surface area contributed by atoms with Crippen molar-refractivity contribution in [1.82, 2.24) is 20.0 Å². The maximum atomic E-state index is 12.9. The number of carbonyl (C=O) groups is 1. The molecule has 0 atom stereocenters. The summed E-state index contributed by atoms with van der Waals surface area (Å²) in [6.45, 7) is 1.78. The van der Waals surface area contributed by atoms with Gasteiger partial charge >= 0.3 is 13.3 Å². The lowest BCUT2D eigenvalue weighted by Crippen LogP contribution is -2.28. The number of nitrogens with zero attached hydrogens (tertiary/aromatic N) is 4. The lowest BCUT2D eigenvalue weighted by atomic mass is 9.79. The zero-order valence-electron chi connectivity index (χ0n) is 14.9. The SMILES string of the molecule is Cc1c(C(=O)Nc2ccc3c(c2)B(O)OC3)nnn1-c1cccc(C(F)(F)F)n1. The molecule has 3 aromatic rings. The first kappa shape index (κ1) is 19.1. The van der Waals surface area contributed by atoms with E-state index < -0.39 is 24.9 Å². The third-order valence-electron chi connectivity index (χ3n) is 4.42. The Kier molecular flexibility index (Phi) is 4.59. The van der Waals surface area contributed by atoms with E-state index in [2.05, 4.69) is 20.6 Å². The molecule has 1 aliphatic rings. The van der Waals surface area contributed by atoms with Crippen LogP contribution in [0.15, 0.2) is 36.4 Å². The molecule has 2 aromatic heterocycles. The van der Waals surface area contributed by atoms with Crippen LogP contribution in [0.4, 0.5) is 18.9 Å². The van der Waals surface area contributed by atoms with Crippen molar-refractivity contribution in [3.8, 4) is 5.82 Å². The predicted octanol–water partition coefficient (Wildman–Crippen LogP) is 1.46.